The fourth-order valence-electron chi connectivity index (χ4n) is 3.38. The Morgan fingerprint density at radius 1 is 1.43 bits per heavy atom. The molecule has 5 nitrogen and oxygen atoms in total. The van der Waals surface area contributed by atoms with Gasteiger partial charge in [0.15, 0.2) is 0 Å². The highest BCUT2D eigenvalue weighted by atomic mass is 16.6. The van der Waals surface area contributed by atoms with Crippen LogP contribution in [0.4, 0.5) is 0 Å². The van der Waals surface area contributed by atoms with Gasteiger partial charge in [0.25, 0.3) is 5.91 Å². The Morgan fingerprint density at radius 3 is 3.09 bits per heavy atom. The summed E-state index contributed by atoms with van der Waals surface area (Å²) in [5, 5.41) is 4.14. The van der Waals surface area contributed by atoms with Crippen molar-refractivity contribution in [3.63, 3.8) is 0 Å². The number of rotatable bonds is 4. The minimum atomic E-state index is -0.483. The second-order valence-corrected chi connectivity index (χ2v) is 6.16. The van der Waals surface area contributed by atoms with Gasteiger partial charge in [-0.1, -0.05) is 24.2 Å². The van der Waals surface area contributed by atoms with Crippen LogP contribution in [-0.4, -0.2) is 42.3 Å². The Labute approximate surface area is 137 Å². The zero-order chi connectivity index (χ0) is 16.2. The second-order valence-electron chi connectivity index (χ2n) is 6.16. The molecule has 2 atom stereocenters. The summed E-state index contributed by atoms with van der Waals surface area (Å²) in [5.41, 5.74) is 1.76. The van der Waals surface area contributed by atoms with E-state index < -0.39 is 6.10 Å². The predicted molar refractivity (Wildman–Crippen MR) is 88.7 cm³/mol. The number of methoxy groups -OCH3 is 1. The number of hydrogen-bond donors (Lipinski definition) is 0. The molecular weight excluding hydrogens is 292 g/mol. The zero-order valence-corrected chi connectivity index (χ0v) is 13.8. The highest BCUT2D eigenvalue weighted by molar-refractivity contribution is 6.04. The lowest BCUT2D eigenvalue weighted by Crippen LogP contribution is -2.48. The maximum absolute atomic E-state index is 12.8. The van der Waals surface area contributed by atoms with E-state index in [-0.39, 0.29) is 5.91 Å². The van der Waals surface area contributed by atoms with E-state index in [1.165, 1.54) is 6.42 Å². The third kappa shape index (κ3) is 3.33. The van der Waals surface area contributed by atoms with Crippen LogP contribution in [0.5, 0.6) is 5.75 Å². The highest BCUT2D eigenvalue weighted by Crippen LogP contribution is 2.25. The quantitative estimate of drug-likeness (QED) is 0.858. The van der Waals surface area contributed by atoms with Gasteiger partial charge in [-0.25, -0.2) is 0 Å². The van der Waals surface area contributed by atoms with Crippen LogP contribution in [0.3, 0.4) is 0 Å². The van der Waals surface area contributed by atoms with Gasteiger partial charge in [-0.2, -0.15) is 0 Å². The first-order valence-electron chi connectivity index (χ1n) is 8.40. The maximum atomic E-state index is 12.8. The van der Waals surface area contributed by atoms with E-state index in [1.807, 2.05) is 29.2 Å². The van der Waals surface area contributed by atoms with E-state index >= 15 is 0 Å². The molecule has 0 aromatic heterocycles. The molecule has 0 unspecified atom stereocenters. The summed E-state index contributed by atoms with van der Waals surface area (Å²) >= 11 is 0. The summed E-state index contributed by atoms with van der Waals surface area (Å²) < 4.78 is 5.24. The van der Waals surface area contributed by atoms with Crippen LogP contribution in [0.1, 0.15) is 44.6 Å². The van der Waals surface area contributed by atoms with E-state index in [2.05, 4.69) is 12.1 Å². The third-order valence-corrected chi connectivity index (χ3v) is 4.73. The van der Waals surface area contributed by atoms with Gasteiger partial charge in [0, 0.05) is 24.6 Å². The van der Waals surface area contributed by atoms with Gasteiger partial charge in [0.1, 0.15) is 5.75 Å². The minimum Gasteiger partial charge on any atom is -0.497 e. The van der Waals surface area contributed by atoms with Gasteiger partial charge in [0.05, 0.1) is 12.8 Å². The third-order valence-electron chi connectivity index (χ3n) is 4.73. The Morgan fingerprint density at radius 2 is 2.30 bits per heavy atom. The summed E-state index contributed by atoms with van der Waals surface area (Å²) in [6.45, 7) is 2.98. The van der Waals surface area contributed by atoms with Crippen molar-refractivity contribution in [2.75, 3.05) is 13.7 Å². The first kappa shape index (κ1) is 15.8. The number of hydrogen-bond acceptors (Lipinski definition) is 4. The largest absolute Gasteiger partial charge is 0.497 e. The number of carbonyl (C=O) groups excluding carboxylic acids is 1. The van der Waals surface area contributed by atoms with Crippen LogP contribution < -0.4 is 4.74 Å². The summed E-state index contributed by atoms with van der Waals surface area (Å²) in [7, 11) is 1.64. The molecule has 124 valence electrons. The van der Waals surface area contributed by atoms with Crippen molar-refractivity contribution < 1.29 is 14.4 Å². The molecule has 0 aliphatic carbocycles. The Bertz CT molecular complexity index is 600. The number of nitrogens with zero attached hydrogens (tertiary/aromatic N) is 2. The number of ether oxygens (including phenoxy) is 1. The van der Waals surface area contributed by atoms with E-state index in [9.17, 15) is 4.79 Å². The van der Waals surface area contributed by atoms with Crippen molar-refractivity contribution in [3.05, 3.63) is 29.8 Å². The molecule has 0 saturated carbocycles. The second kappa shape index (κ2) is 7.02. The maximum Gasteiger partial charge on any atom is 0.267 e. The molecule has 0 N–H and O–H groups in total. The molecule has 2 aliphatic rings. The van der Waals surface area contributed by atoms with Gasteiger partial charge < -0.3 is 14.5 Å². The molecular formula is C18H24N2O3. The standard InChI is InChI=1S/C18H24N2O3/c1-3-14-8-4-5-10-20(14)18(21)17-12-16(19-23-17)13-7-6-9-15(11-13)22-2/h6-7,9,11,14,17H,3-5,8,10,12H2,1-2H3/t14-,17-/m1/s1. The van der Waals surface area contributed by atoms with Gasteiger partial charge in [0.2, 0.25) is 6.10 Å². The molecule has 1 fully saturated rings. The van der Waals surface area contributed by atoms with Crippen molar-refractivity contribution in [3.8, 4) is 5.75 Å². The first-order valence-corrected chi connectivity index (χ1v) is 8.40. The molecule has 1 aromatic rings. The van der Waals surface area contributed by atoms with Crippen LogP contribution in [0.15, 0.2) is 29.4 Å². The first-order chi connectivity index (χ1) is 11.2. The molecule has 5 heteroatoms. The Balaban J connectivity index is 1.67. The number of amides is 1. The molecule has 0 spiro atoms. The minimum absolute atomic E-state index is 0.0817. The molecule has 3 rings (SSSR count). The monoisotopic (exact) mass is 316 g/mol. The van der Waals surface area contributed by atoms with Crippen LogP contribution in [0.2, 0.25) is 0 Å². The van der Waals surface area contributed by atoms with Crippen molar-refractivity contribution in [2.45, 2.75) is 51.2 Å². The van der Waals surface area contributed by atoms with E-state index in [1.54, 1.807) is 7.11 Å². The predicted octanol–water partition coefficient (Wildman–Crippen LogP) is 2.98. The van der Waals surface area contributed by atoms with Crippen molar-refractivity contribution >= 4 is 11.6 Å². The summed E-state index contributed by atoms with van der Waals surface area (Å²) in [5.74, 6) is 0.861. The van der Waals surface area contributed by atoms with Gasteiger partial charge in [-0.3, -0.25) is 4.79 Å². The molecule has 23 heavy (non-hydrogen) atoms. The van der Waals surface area contributed by atoms with E-state index in [0.29, 0.717) is 12.5 Å². The fourth-order valence-corrected chi connectivity index (χ4v) is 3.38. The molecule has 1 amide bonds. The smallest absolute Gasteiger partial charge is 0.267 e. The Kier molecular flexibility index (Phi) is 4.84. The van der Waals surface area contributed by atoms with Crippen molar-refractivity contribution in [1.29, 1.82) is 0 Å². The highest BCUT2D eigenvalue weighted by Gasteiger charge is 2.35. The number of piperidine rings is 1. The molecule has 2 aliphatic heterocycles. The molecule has 0 bridgehead atoms. The van der Waals surface area contributed by atoms with Crippen LogP contribution in [0, 0.1) is 0 Å². The van der Waals surface area contributed by atoms with Crippen LogP contribution >= 0.6 is 0 Å². The van der Waals surface area contributed by atoms with Crippen LogP contribution in [0.25, 0.3) is 0 Å². The zero-order valence-electron chi connectivity index (χ0n) is 13.8. The van der Waals surface area contributed by atoms with Crippen LogP contribution in [-0.2, 0) is 9.63 Å². The lowest BCUT2D eigenvalue weighted by atomic mass is 9.98. The summed E-state index contributed by atoms with van der Waals surface area (Å²) in [6, 6.07) is 8.05. The van der Waals surface area contributed by atoms with Crippen molar-refractivity contribution in [1.82, 2.24) is 4.90 Å². The molecule has 2 heterocycles. The lowest BCUT2D eigenvalue weighted by Gasteiger charge is -2.36. The molecule has 1 aromatic carbocycles. The normalized spacial score (nSPS) is 24.1. The Hall–Kier alpha value is -2.04. The van der Waals surface area contributed by atoms with Gasteiger partial charge in [-0.15, -0.1) is 0 Å². The fraction of sp³-hybridized carbons (Fsp3) is 0.556. The van der Waals surface area contributed by atoms with Gasteiger partial charge in [-0.05, 0) is 37.8 Å². The number of likely N-dealkylation sites (tertiary alicyclic amines) is 1. The van der Waals surface area contributed by atoms with Gasteiger partial charge >= 0.3 is 0 Å². The lowest BCUT2D eigenvalue weighted by molar-refractivity contribution is -0.146. The number of carbonyl (C=O) groups is 1. The molecule has 0 radical (unpaired) electrons. The average Bonchev–Trinajstić information content (AvgIpc) is 3.11. The molecule has 1 saturated heterocycles. The SMILES string of the molecule is CC[C@@H]1CCCCN1C(=O)[C@H]1CC(c2cccc(OC)c2)=NO1. The number of oxime groups is 1. The van der Waals surface area contributed by atoms with E-state index in [4.69, 9.17) is 9.57 Å². The van der Waals surface area contributed by atoms with E-state index in [0.717, 1.165) is 42.8 Å². The summed E-state index contributed by atoms with van der Waals surface area (Å²) in [4.78, 5) is 20.2. The summed E-state index contributed by atoms with van der Waals surface area (Å²) in [6.07, 6.45) is 4.43. The average molecular weight is 316 g/mol. The topological polar surface area (TPSA) is 51.1 Å². The van der Waals surface area contributed by atoms with Crippen molar-refractivity contribution in [2.24, 2.45) is 5.16 Å². The number of benzene rings is 1.